The lowest BCUT2D eigenvalue weighted by atomic mass is 10.1. The first-order valence-corrected chi connectivity index (χ1v) is 6.04. The molecule has 0 radical (unpaired) electrons. The van der Waals surface area contributed by atoms with Gasteiger partial charge in [0.2, 0.25) is 5.91 Å². The van der Waals surface area contributed by atoms with E-state index in [1.807, 2.05) is 19.1 Å². The van der Waals surface area contributed by atoms with Crippen LogP contribution >= 0.6 is 0 Å². The summed E-state index contributed by atoms with van der Waals surface area (Å²) in [5, 5.41) is 13.7. The number of amides is 3. The standard InChI is InChI=1S/C13H17N3O4/c1-8-2-4-9(5-3-8)15-13(20)16-10(12(18)19)6-7-11(14)17/h2-5,10H,6-7H2,1H3,(H2,14,17)(H,18,19)(H2,15,16,20). The van der Waals surface area contributed by atoms with Gasteiger partial charge >= 0.3 is 12.0 Å². The molecule has 0 bridgehead atoms. The molecule has 1 aromatic rings. The second-order valence-electron chi connectivity index (χ2n) is 4.36. The van der Waals surface area contributed by atoms with Gasteiger partial charge in [-0.3, -0.25) is 4.79 Å². The van der Waals surface area contributed by atoms with Crippen molar-refractivity contribution >= 4 is 23.6 Å². The van der Waals surface area contributed by atoms with Crippen LogP contribution in [0.5, 0.6) is 0 Å². The van der Waals surface area contributed by atoms with Crippen molar-refractivity contribution in [3.63, 3.8) is 0 Å². The van der Waals surface area contributed by atoms with E-state index in [0.717, 1.165) is 5.56 Å². The Morgan fingerprint density at radius 2 is 1.85 bits per heavy atom. The molecule has 7 heteroatoms. The second kappa shape index (κ2) is 7.13. The predicted molar refractivity (Wildman–Crippen MR) is 73.2 cm³/mol. The average Bonchev–Trinajstić information content (AvgIpc) is 2.36. The van der Waals surface area contributed by atoms with Gasteiger partial charge in [0.1, 0.15) is 6.04 Å². The van der Waals surface area contributed by atoms with Crippen LogP contribution in [0.15, 0.2) is 24.3 Å². The molecule has 0 fully saturated rings. The second-order valence-corrected chi connectivity index (χ2v) is 4.36. The van der Waals surface area contributed by atoms with Crippen LogP contribution in [-0.4, -0.2) is 29.1 Å². The van der Waals surface area contributed by atoms with Gasteiger partial charge in [-0.25, -0.2) is 9.59 Å². The number of nitrogens with one attached hydrogen (secondary N) is 2. The molecular formula is C13H17N3O4. The number of aliphatic carboxylic acids is 1. The summed E-state index contributed by atoms with van der Waals surface area (Å²) >= 11 is 0. The van der Waals surface area contributed by atoms with Crippen molar-refractivity contribution in [1.82, 2.24) is 5.32 Å². The van der Waals surface area contributed by atoms with Gasteiger partial charge in [0, 0.05) is 12.1 Å². The number of anilines is 1. The van der Waals surface area contributed by atoms with Gasteiger partial charge in [-0.05, 0) is 25.5 Å². The Morgan fingerprint density at radius 1 is 1.25 bits per heavy atom. The van der Waals surface area contributed by atoms with Crippen LogP contribution < -0.4 is 16.4 Å². The summed E-state index contributed by atoms with van der Waals surface area (Å²) in [4.78, 5) is 33.2. The maximum Gasteiger partial charge on any atom is 0.326 e. The minimum absolute atomic E-state index is 0.0496. The van der Waals surface area contributed by atoms with Crippen LogP contribution in [-0.2, 0) is 9.59 Å². The SMILES string of the molecule is Cc1ccc(NC(=O)NC(CCC(N)=O)C(=O)O)cc1. The molecule has 0 aliphatic heterocycles. The third kappa shape index (κ3) is 5.38. The minimum atomic E-state index is -1.22. The summed E-state index contributed by atoms with van der Waals surface area (Å²) in [5.74, 6) is -1.83. The van der Waals surface area contributed by atoms with E-state index in [1.54, 1.807) is 12.1 Å². The van der Waals surface area contributed by atoms with E-state index in [0.29, 0.717) is 5.69 Å². The first-order valence-electron chi connectivity index (χ1n) is 6.04. The molecule has 0 saturated heterocycles. The summed E-state index contributed by atoms with van der Waals surface area (Å²) in [6.45, 7) is 1.91. The molecule has 3 amide bonds. The Bertz CT molecular complexity index is 499. The summed E-state index contributed by atoms with van der Waals surface area (Å²) in [6, 6.07) is 5.23. The lowest BCUT2D eigenvalue weighted by Gasteiger charge is -2.14. The Hall–Kier alpha value is -2.57. The van der Waals surface area contributed by atoms with Crippen molar-refractivity contribution in [2.75, 3.05) is 5.32 Å². The number of hydrogen-bond donors (Lipinski definition) is 4. The van der Waals surface area contributed by atoms with Crippen molar-refractivity contribution in [2.24, 2.45) is 5.73 Å². The first kappa shape index (κ1) is 15.5. The minimum Gasteiger partial charge on any atom is -0.480 e. The number of carbonyl (C=O) groups is 3. The highest BCUT2D eigenvalue weighted by molar-refractivity contribution is 5.92. The van der Waals surface area contributed by atoms with Crippen LogP contribution in [0.1, 0.15) is 18.4 Å². The largest absolute Gasteiger partial charge is 0.480 e. The molecule has 0 aliphatic rings. The smallest absolute Gasteiger partial charge is 0.326 e. The van der Waals surface area contributed by atoms with Crippen LogP contribution in [0.4, 0.5) is 10.5 Å². The van der Waals surface area contributed by atoms with Gasteiger partial charge in [-0.15, -0.1) is 0 Å². The van der Waals surface area contributed by atoms with Gasteiger partial charge in [0.05, 0.1) is 0 Å². The van der Waals surface area contributed by atoms with Crippen molar-refractivity contribution in [1.29, 1.82) is 0 Å². The molecule has 108 valence electrons. The summed E-state index contributed by atoms with van der Waals surface area (Å²) < 4.78 is 0. The third-order valence-corrected chi connectivity index (χ3v) is 2.59. The molecule has 7 nitrogen and oxygen atoms in total. The van der Waals surface area contributed by atoms with Crippen molar-refractivity contribution in [3.8, 4) is 0 Å². The molecule has 1 rings (SSSR count). The van der Waals surface area contributed by atoms with Crippen LogP contribution in [0.25, 0.3) is 0 Å². The Morgan fingerprint density at radius 3 is 2.35 bits per heavy atom. The highest BCUT2D eigenvalue weighted by atomic mass is 16.4. The van der Waals surface area contributed by atoms with E-state index in [4.69, 9.17) is 10.8 Å². The van der Waals surface area contributed by atoms with Gasteiger partial charge in [0.15, 0.2) is 0 Å². The highest BCUT2D eigenvalue weighted by Gasteiger charge is 2.20. The molecule has 20 heavy (non-hydrogen) atoms. The van der Waals surface area contributed by atoms with E-state index in [1.165, 1.54) is 0 Å². The zero-order chi connectivity index (χ0) is 15.1. The Balaban J connectivity index is 2.55. The molecule has 0 aliphatic carbocycles. The lowest BCUT2D eigenvalue weighted by Crippen LogP contribution is -2.43. The van der Waals surface area contributed by atoms with E-state index >= 15 is 0 Å². The zero-order valence-corrected chi connectivity index (χ0v) is 11.1. The monoisotopic (exact) mass is 279 g/mol. The predicted octanol–water partition coefficient (Wildman–Crippen LogP) is 0.835. The van der Waals surface area contributed by atoms with Gasteiger partial charge < -0.3 is 21.5 Å². The molecule has 0 spiro atoms. The molecule has 0 aromatic heterocycles. The Kier molecular flexibility index (Phi) is 5.52. The van der Waals surface area contributed by atoms with Crippen molar-refractivity contribution < 1.29 is 19.5 Å². The fraction of sp³-hybridized carbons (Fsp3) is 0.308. The highest BCUT2D eigenvalue weighted by Crippen LogP contribution is 2.08. The van der Waals surface area contributed by atoms with Crippen LogP contribution in [0.3, 0.4) is 0 Å². The molecule has 0 saturated carbocycles. The quantitative estimate of drug-likeness (QED) is 0.616. The van der Waals surface area contributed by atoms with E-state index in [9.17, 15) is 14.4 Å². The normalized spacial score (nSPS) is 11.4. The first-order chi connectivity index (χ1) is 9.38. The molecule has 1 aromatic carbocycles. The van der Waals surface area contributed by atoms with Crippen molar-refractivity contribution in [3.05, 3.63) is 29.8 Å². The summed E-state index contributed by atoms with van der Waals surface area (Å²) in [7, 11) is 0. The van der Waals surface area contributed by atoms with E-state index < -0.39 is 23.9 Å². The number of benzene rings is 1. The van der Waals surface area contributed by atoms with Crippen LogP contribution in [0, 0.1) is 6.92 Å². The number of aryl methyl sites for hydroxylation is 1. The zero-order valence-electron chi connectivity index (χ0n) is 11.1. The van der Waals surface area contributed by atoms with Gasteiger partial charge in [0.25, 0.3) is 0 Å². The fourth-order valence-electron chi connectivity index (χ4n) is 1.51. The number of carboxylic acids is 1. The van der Waals surface area contributed by atoms with Crippen molar-refractivity contribution in [2.45, 2.75) is 25.8 Å². The topological polar surface area (TPSA) is 122 Å². The fourth-order valence-corrected chi connectivity index (χ4v) is 1.51. The number of primary amides is 1. The van der Waals surface area contributed by atoms with Gasteiger partial charge in [-0.1, -0.05) is 17.7 Å². The molecule has 1 atom stereocenters. The van der Waals surface area contributed by atoms with Crippen LogP contribution in [0.2, 0.25) is 0 Å². The molecule has 1 unspecified atom stereocenters. The number of rotatable bonds is 6. The average molecular weight is 279 g/mol. The maximum atomic E-state index is 11.7. The summed E-state index contributed by atoms with van der Waals surface area (Å²) in [5.41, 5.74) is 6.54. The third-order valence-electron chi connectivity index (χ3n) is 2.59. The molecule has 5 N–H and O–H groups in total. The number of nitrogens with two attached hydrogens (primary N) is 1. The number of carboxylic acid groups (broad SMARTS) is 1. The van der Waals surface area contributed by atoms with E-state index in [-0.39, 0.29) is 12.8 Å². The number of urea groups is 1. The lowest BCUT2D eigenvalue weighted by molar-refractivity contribution is -0.139. The Labute approximate surface area is 116 Å². The van der Waals surface area contributed by atoms with Gasteiger partial charge in [-0.2, -0.15) is 0 Å². The number of carbonyl (C=O) groups excluding carboxylic acids is 2. The molecule has 0 heterocycles. The summed E-state index contributed by atoms with van der Waals surface area (Å²) in [6.07, 6.45) is -0.159. The van der Waals surface area contributed by atoms with E-state index in [2.05, 4.69) is 10.6 Å². The molecular weight excluding hydrogens is 262 g/mol. The number of hydrogen-bond acceptors (Lipinski definition) is 3. The maximum absolute atomic E-state index is 11.7.